The van der Waals surface area contributed by atoms with E-state index in [0.717, 1.165) is 54.3 Å². The Morgan fingerprint density at radius 2 is 1.76 bits per heavy atom. The van der Waals surface area contributed by atoms with Gasteiger partial charge in [0.15, 0.2) is 0 Å². The van der Waals surface area contributed by atoms with E-state index >= 15 is 0 Å². The summed E-state index contributed by atoms with van der Waals surface area (Å²) in [7, 11) is 0. The van der Waals surface area contributed by atoms with Gasteiger partial charge >= 0.3 is 6.09 Å². The minimum atomic E-state index is -0.478. The predicted octanol–water partition coefficient (Wildman–Crippen LogP) is 8.09. The van der Waals surface area contributed by atoms with Crippen LogP contribution in [-0.2, 0) is 14.3 Å². The summed E-state index contributed by atoms with van der Waals surface area (Å²) >= 11 is 0. The number of amides is 1. The van der Waals surface area contributed by atoms with E-state index in [1.54, 1.807) is 11.8 Å². The van der Waals surface area contributed by atoms with Crippen LogP contribution in [0.4, 0.5) is 4.79 Å². The van der Waals surface area contributed by atoms with Gasteiger partial charge in [-0.3, -0.25) is 4.79 Å². The lowest BCUT2D eigenvalue weighted by atomic mass is 9.67. The molecule has 7 heteroatoms. The maximum absolute atomic E-state index is 14.0. The van der Waals surface area contributed by atoms with Gasteiger partial charge in [0.1, 0.15) is 29.5 Å². The average molecular weight is 631 g/mol. The van der Waals surface area contributed by atoms with Crippen molar-refractivity contribution in [2.75, 3.05) is 26.2 Å². The number of nitrogens with one attached hydrogen (secondary N) is 1. The first-order valence-electron chi connectivity index (χ1n) is 17.6. The monoisotopic (exact) mass is 630 g/mol. The number of fused-ring (bicyclic) bond motifs is 1. The first-order valence-corrected chi connectivity index (χ1v) is 17.6. The third-order valence-corrected chi connectivity index (χ3v) is 10.1. The van der Waals surface area contributed by atoms with Gasteiger partial charge in [-0.1, -0.05) is 31.2 Å². The highest BCUT2D eigenvalue weighted by Gasteiger charge is 2.39. The largest absolute Gasteiger partial charge is 0.492 e. The van der Waals surface area contributed by atoms with Crippen LogP contribution in [0.5, 0.6) is 5.75 Å². The van der Waals surface area contributed by atoms with E-state index in [-0.39, 0.29) is 23.7 Å². The fourth-order valence-electron chi connectivity index (χ4n) is 7.16. The molecule has 2 saturated carbocycles. The summed E-state index contributed by atoms with van der Waals surface area (Å²) in [5.74, 6) is 2.06. The van der Waals surface area contributed by atoms with Gasteiger partial charge in [-0.05, 0) is 131 Å². The second-order valence-corrected chi connectivity index (χ2v) is 14.8. The zero-order valence-electron chi connectivity index (χ0n) is 28.8. The number of carbonyl (C=O) groups excluding carboxylic acids is 3. The molecule has 5 rings (SSSR count). The molecule has 0 spiro atoms. The third-order valence-electron chi connectivity index (χ3n) is 10.1. The molecule has 250 valence electrons. The highest BCUT2D eigenvalue weighted by molar-refractivity contribution is 6.03. The Kier molecular flexibility index (Phi) is 10.9. The Hall–Kier alpha value is -3.19. The second-order valence-electron chi connectivity index (χ2n) is 14.8. The Morgan fingerprint density at radius 1 is 1.02 bits per heavy atom. The predicted molar refractivity (Wildman–Crippen MR) is 184 cm³/mol. The summed E-state index contributed by atoms with van der Waals surface area (Å²) < 4.78 is 11.7. The zero-order valence-corrected chi connectivity index (χ0v) is 28.8. The lowest BCUT2D eigenvalue weighted by Crippen LogP contribution is -2.47. The standard InChI is InChI=1S/C39H54N2O5/c1-7-31(35(15-9-26(3)42)37(43)32-14-8-25(32)2)36-33(27-10-11-27)16-12-28-24-30(13-17-34(28)36)45-23-20-40-29-18-21-41(22-19-29)38(44)46-39(4,5)6/h7,12-13,16-17,24-25,27,29,32,35,40H,8-11,14-15,18-23H2,1-6H3/b31-7-. The first kappa shape index (κ1) is 34.2. The number of carbonyl (C=O) groups is 3. The first-order chi connectivity index (χ1) is 21.9. The van der Waals surface area contributed by atoms with E-state index in [9.17, 15) is 14.4 Å². The summed E-state index contributed by atoms with van der Waals surface area (Å²) in [4.78, 5) is 40.2. The van der Waals surface area contributed by atoms with Crippen LogP contribution in [0.1, 0.15) is 110 Å². The molecule has 3 fully saturated rings. The number of benzene rings is 2. The van der Waals surface area contributed by atoms with Crippen molar-refractivity contribution < 1.29 is 23.9 Å². The molecule has 2 aliphatic carbocycles. The minimum Gasteiger partial charge on any atom is -0.492 e. The topological polar surface area (TPSA) is 84.9 Å². The van der Waals surface area contributed by atoms with Crippen molar-refractivity contribution in [3.8, 4) is 5.75 Å². The van der Waals surface area contributed by atoms with Crippen molar-refractivity contribution in [2.45, 2.75) is 110 Å². The van der Waals surface area contributed by atoms with Crippen molar-refractivity contribution in [1.29, 1.82) is 0 Å². The second kappa shape index (κ2) is 14.7. The van der Waals surface area contributed by atoms with Crippen LogP contribution in [0.3, 0.4) is 0 Å². The van der Waals surface area contributed by atoms with Gasteiger partial charge in [-0.25, -0.2) is 4.79 Å². The maximum atomic E-state index is 14.0. The van der Waals surface area contributed by atoms with Crippen molar-refractivity contribution >= 4 is 34.0 Å². The molecule has 1 amide bonds. The van der Waals surface area contributed by atoms with Crippen LogP contribution in [0.2, 0.25) is 0 Å². The molecule has 3 aliphatic rings. The van der Waals surface area contributed by atoms with E-state index < -0.39 is 5.60 Å². The van der Waals surface area contributed by atoms with E-state index in [2.05, 4.69) is 55.6 Å². The number of hydrogen-bond acceptors (Lipinski definition) is 6. The molecule has 2 aromatic carbocycles. The normalized spacial score (nSPS) is 21.5. The molecule has 1 N–H and O–H groups in total. The molecule has 46 heavy (non-hydrogen) atoms. The fourth-order valence-corrected chi connectivity index (χ4v) is 7.16. The molecule has 3 unspecified atom stereocenters. The van der Waals surface area contributed by atoms with Gasteiger partial charge in [0.05, 0.1) is 0 Å². The zero-order chi connectivity index (χ0) is 33.0. The van der Waals surface area contributed by atoms with Gasteiger partial charge in [-0.2, -0.15) is 0 Å². The van der Waals surface area contributed by atoms with Crippen molar-refractivity contribution in [3.63, 3.8) is 0 Å². The van der Waals surface area contributed by atoms with Crippen molar-refractivity contribution in [1.82, 2.24) is 10.2 Å². The van der Waals surface area contributed by atoms with E-state index in [1.165, 1.54) is 24.0 Å². The van der Waals surface area contributed by atoms with E-state index in [0.29, 0.717) is 56.2 Å². The number of ketones is 2. The number of ether oxygens (including phenoxy) is 2. The van der Waals surface area contributed by atoms with Gasteiger partial charge < -0.3 is 24.5 Å². The highest BCUT2D eigenvalue weighted by atomic mass is 16.6. The summed E-state index contributed by atoms with van der Waals surface area (Å²) in [6.45, 7) is 14.2. The number of rotatable bonds is 13. The van der Waals surface area contributed by atoms with Crippen LogP contribution in [0.25, 0.3) is 16.3 Å². The highest BCUT2D eigenvalue weighted by Crippen LogP contribution is 2.48. The minimum absolute atomic E-state index is 0.0948. The molecule has 0 bridgehead atoms. The molecular formula is C39H54N2O5. The summed E-state index contributed by atoms with van der Waals surface area (Å²) in [5, 5.41) is 5.85. The number of piperidine rings is 1. The summed E-state index contributed by atoms with van der Waals surface area (Å²) in [6, 6.07) is 11.1. The number of Topliss-reactive ketones (excluding diaryl/α,β-unsaturated/α-hetero) is 2. The van der Waals surface area contributed by atoms with Gasteiger partial charge in [0.25, 0.3) is 0 Å². The van der Waals surface area contributed by atoms with Gasteiger partial charge in [0.2, 0.25) is 0 Å². The molecular weight excluding hydrogens is 576 g/mol. The Labute approximate surface area is 275 Å². The van der Waals surface area contributed by atoms with Crippen LogP contribution in [0, 0.1) is 17.8 Å². The van der Waals surface area contributed by atoms with Crippen LogP contribution >= 0.6 is 0 Å². The average Bonchev–Trinajstić information content (AvgIpc) is 3.85. The Bertz CT molecular complexity index is 1440. The summed E-state index contributed by atoms with van der Waals surface area (Å²) in [5.41, 5.74) is 3.14. The van der Waals surface area contributed by atoms with Gasteiger partial charge in [0, 0.05) is 43.9 Å². The Morgan fingerprint density at radius 3 is 2.35 bits per heavy atom. The van der Waals surface area contributed by atoms with E-state index in [4.69, 9.17) is 9.47 Å². The molecule has 1 saturated heterocycles. The molecule has 1 aliphatic heterocycles. The lowest BCUT2D eigenvalue weighted by molar-refractivity contribution is -0.130. The SMILES string of the molecule is C/C=C(\c1c(C2CC2)ccc2cc(OCCNC3CCN(C(=O)OC(C)(C)C)CC3)ccc12)C(CCC(C)=O)C(=O)C1CCC1C. The molecule has 0 aromatic heterocycles. The number of nitrogens with zero attached hydrogens (tertiary/aromatic N) is 1. The van der Waals surface area contributed by atoms with Crippen LogP contribution < -0.4 is 10.1 Å². The molecule has 2 aromatic rings. The van der Waals surface area contributed by atoms with Crippen LogP contribution in [0.15, 0.2) is 36.4 Å². The molecule has 7 nitrogen and oxygen atoms in total. The van der Waals surface area contributed by atoms with Crippen molar-refractivity contribution in [2.24, 2.45) is 17.8 Å². The Balaban J connectivity index is 1.25. The number of likely N-dealkylation sites (tertiary alicyclic amines) is 1. The van der Waals surface area contributed by atoms with Gasteiger partial charge in [-0.15, -0.1) is 0 Å². The smallest absolute Gasteiger partial charge is 0.410 e. The maximum Gasteiger partial charge on any atom is 0.410 e. The summed E-state index contributed by atoms with van der Waals surface area (Å²) in [6.07, 6.45) is 9.11. The van der Waals surface area contributed by atoms with Crippen molar-refractivity contribution in [3.05, 3.63) is 47.5 Å². The lowest BCUT2D eigenvalue weighted by Gasteiger charge is -2.36. The number of allylic oxidation sites excluding steroid dienone is 2. The molecule has 3 atom stereocenters. The molecule has 1 heterocycles. The third kappa shape index (κ3) is 8.39. The van der Waals surface area contributed by atoms with Crippen LogP contribution in [-0.4, -0.2) is 60.4 Å². The van der Waals surface area contributed by atoms with E-state index in [1.807, 2.05) is 20.8 Å². The molecule has 0 radical (unpaired) electrons. The number of hydrogen-bond donors (Lipinski definition) is 1. The quantitative estimate of drug-likeness (QED) is 0.225. The fraction of sp³-hybridized carbons (Fsp3) is 0.615.